The van der Waals surface area contributed by atoms with Gasteiger partial charge in [0, 0.05) is 19.1 Å². The fourth-order valence-electron chi connectivity index (χ4n) is 2.32. The van der Waals surface area contributed by atoms with E-state index in [2.05, 4.69) is 28.8 Å². The molecular formula is C13H29N3O2S. The number of hydrogen-bond donors (Lipinski definition) is 2. The van der Waals surface area contributed by atoms with E-state index in [1.165, 1.54) is 19.3 Å². The van der Waals surface area contributed by atoms with Crippen LogP contribution in [0.5, 0.6) is 0 Å². The van der Waals surface area contributed by atoms with Crippen molar-refractivity contribution in [3.05, 3.63) is 0 Å². The van der Waals surface area contributed by atoms with E-state index in [-0.39, 0.29) is 5.75 Å². The molecule has 6 heteroatoms. The molecule has 0 aromatic rings. The molecule has 2 N–H and O–H groups in total. The normalized spacial score (nSPS) is 19.5. The summed E-state index contributed by atoms with van der Waals surface area (Å²) in [6.45, 7) is 8.29. The predicted octanol–water partition coefficient (Wildman–Crippen LogP) is 0.780. The Morgan fingerprint density at radius 1 is 1.16 bits per heavy atom. The van der Waals surface area contributed by atoms with Gasteiger partial charge in [-0.2, -0.15) is 0 Å². The topological polar surface area (TPSA) is 61.4 Å². The van der Waals surface area contributed by atoms with E-state index < -0.39 is 10.0 Å². The summed E-state index contributed by atoms with van der Waals surface area (Å²) in [4.78, 5) is 2.38. The molecule has 1 saturated heterocycles. The van der Waals surface area contributed by atoms with Gasteiger partial charge < -0.3 is 5.32 Å². The summed E-state index contributed by atoms with van der Waals surface area (Å²) in [7, 11) is -3.13. The number of nitrogens with one attached hydrogen (secondary N) is 2. The lowest BCUT2D eigenvalue weighted by molar-refractivity contribution is 0.175. The molecule has 0 saturated carbocycles. The third kappa shape index (κ3) is 7.25. The summed E-state index contributed by atoms with van der Waals surface area (Å²) in [5.41, 5.74) is 0. The number of piperidine rings is 1. The lowest BCUT2D eigenvalue weighted by Crippen LogP contribution is -2.45. The second-order valence-corrected chi connectivity index (χ2v) is 7.29. The van der Waals surface area contributed by atoms with Crippen LogP contribution >= 0.6 is 0 Å². The fraction of sp³-hybridized carbons (Fsp3) is 1.00. The number of hydrogen-bond acceptors (Lipinski definition) is 4. The molecule has 1 fully saturated rings. The Hall–Kier alpha value is -0.170. The van der Waals surface area contributed by atoms with E-state index in [1.54, 1.807) is 0 Å². The van der Waals surface area contributed by atoms with Gasteiger partial charge in [0.15, 0.2) is 0 Å². The second kappa shape index (κ2) is 8.89. The van der Waals surface area contributed by atoms with Crippen molar-refractivity contribution in [1.82, 2.24) is 14.9 Å². The van der Waals surface area contributed by atoms with E-state index in [4.69, 9.17) is 0 Å². The Labute approximate surface area is 118 Å². The van der Waals surface area contributed by atoms with Crippen molar-refractivity contribution in [3.63, 3.8) is 0 Å². The van der Waals surface area contributed by atoms with Gasteiger partial charge in [0.05, 0.1) is 5.75 Å². The molecule has 0 bridgehead atoms. The van der Waals surface area contributed by atoms with Crippen LogP contribution in [0.3, 0.4) is 0 Å². The highest BCUT2D eigenvalue weighted by Gasteiger charge is 2.18. The minimum Gasteiger partial charge on any atom is -0.316 e. The van der Waals surface area contributed by atoms with Crippen LogP contribution in [-0.4, -0.2) is 57.8 Å². The highest BCUT2D eigenvalue weighted by atomic mass is 32.2. The van der Waals surface area contributed by atoms with Crippen molar-refractivity contribution >= 4 is 10.0 Å². The van der Waals surface area contributed by atoms with E-state index in [1.807, 2.05) is 0 Å². The SMILES string of the molecule is CCCNCCS(=O)(=O)NCC(C)N1CCCCC1. The van der Waals surface area contributed by atoms with Crippen LogP contribution in [0.25, 0.3) is 0 Å². The maximum absolute atomic E-state index is 11.8. The summed E-state index contributed by atoms with van der Waals surface area (Å²) in [5, 5.41) is 3.11. The van der Waals surface area contributed by atoms with Gasteiger partial charge in [0.2, 0.25) is 10.0 Å². The summed E-state index contributed by atoms with van der Waals surface area (Å²) in [5.74, 6) is 0.166. The molecular weight excluding hydrogens is 262 g/mol. The number of rotatable bonds is 9. The Bertz CT molecular complexity index is 327. The molecule has 114 valence electrons. The predicted molar refractivity (Wildman–Crippen MR) is 79.8 cm³/mol. The molecule has 1 atom stereocenters. The molecule has 1 heterocycles. The Balaban J connectivity index is 2.21. The standard InChI is InChI=1S/C13H29N3O2S/c1-3-7-14-8-11-19(17,18)15-12-13(2)16-9-5-4-6-10-16/h13-15H,3-12H2,1-2H3. The van der Waals surface area contributed by atoms with Gasteiger partial charge in [0.1, 0.15) is 0 Å². The first-order valence-corrected chi connectivity index (χ1v) is 9.12. The van der Waals surface area contributed by atoms with Crippen LogP contribution < -0.4 is 10.0 Å². The zero-order chi connectivity index (χ0) is 14.1. The Kier molecular flexibility index (Phi) is 7.90. The highest BCUT2D eigenvalue weighted by Crippen LogP contribution is 2.11. The van der Waals surface area contributed by atoms with Gasteiger partial charge in [-0.1, -0.05) is 13.3 Å². The van der Waals surface area contributed by atoms with Crippen LogP contribution in [0.1, 0.15) is 39.5 Å². The summed E-state index contributed by atoms with van der Waals surface area (Å²) in [6, 6.07) is 0.290. The Morgan fingerprint density at radius 3 is 2.47 bits per heavy atom. The quantitative estimate of drug-likeness (QED) is 0.616. The summed E-state index contributed by atoms with van der Waals surface area (Å²) in [6.07, 6.45) is 4.80. The maximum atomic E-state index is 11.8. The minimum atomic E-state index is -3.13. The first-order chi connectivity index (χ1) is 9.05. The third-order valence-electron chi connectivity index (χ3n) is 3.59. The van der Waals surface area contributed by atoms with Crippen LogP contribution in [-0.2, 0) is 10.0 Å². The Morgan fingerprint density at radius 2 is 1.84 bits per heavy atom. The summed E-state index contributed by atoms with van der Waals surface area (Å²) < 4.78 is 26.3. The molecule has 5 nitrogen and oxygen atoms in total. The lowest BCUT2D eigenvalue weighted by Gasteiger charge is -2.32. The number of likely N-dealkylation sites (tertiary alicyclic amines) is 1. The molecule has 0 aromatic heterocycles. The minimum absolute atomic E-state index is 0.166. The molecule has 0 spiro atoms. The lowest BCUT2D eigenvalue weighted by atomic mass is 10.1. The van der Waals surface area contributed by atoms with Gasteiger partial charge in [-0.05, 0) is 45.8 Å². The van der Waals surface area contributed by atoms with Crippen molar-refractivity contribution in [3.8, 4) is 0 Å². The largest absolute Gasteiger partial charge is 0.316 e. The number of nitrogens with zero attached hydrogens (tertiary/aromatic N) is 1. The molecule has 0 radical (unpaired) electrons. The van der Waals surface area contributed by atoms with Crippen molar-refractivity contribution in [2.75, 3.05) is 38.5 Å². The van der Waals surface area contributed by atoms with Crippen LogP contribution in [0, 0.1) is 0 Å². The van der Waals surface area contributed by atoms with E-state index in [0.29, 0.717) is 19.1 Å². The zero-order valence-corrected chi connectivity index (χ0v) is 13.1. The van der Waals surface area contributed by atoms with E-state index in [0.717, 1.165) is 26.1 Å². The van der Waals surface area contributed by atoms with Crippen molar-refractivity contribution in [2.45, 2.75) is 45.6 Å². The second-order valence-electron chi connectivity index (χ2n) is 5.36. The van der Waals surface area contributed by atoms with Crippen molar-refractivity contribution in [1.29, 1.82) is 0 Å². The van der Waals surface area contributed by atoms with E-state index in [9.17, 15) is 8.42 Å². The van der Waals surface area contributed by atoms with Crippen molar-refractivity contribution < 1.29 is 8.42 Å². The average Bonchev–Trinajstić information content (AvgIpc) is 2.42. The molecule has 1 rings (SSSR count). The monoisotopic (exact) mass is 291 g/mol. The molecule has 1 aliphatic rings. The van der Waals surface area contributed by atoms with Gasteiger partial charge >= 0.3 is 0 Å². The fourth-order valence-corrected chi connectivity index (χ4v) is 3.37. The first kappa shape index (κ1) is 16.9. The molecule has 0 amide bonds. The molecule has 1 aliphatic heterocycles. The summed E-state index contributed by atoms with van der Waals surface area (Å²) >= 11 is 0. The zero-order valence-electron chi connectivity index (χ0n) is 12.3. The third-order valence-corrected chi connectivity index (χ3v) is 4.94. The molecule has 19 heavy (non-hydrogen) atoms. The van der Waals surface area contributed by atoms with Crippen LogP contribution in [0.4, 0.5) is 0 Å². The average molecular weight is 291 g/mol. The molecule has 0 aromatic carbocycles. The number of sulfonamides is 1. The molecule has 1 unspecified atom stereocenters. The van der Waals surface area contributed by atoms with Gasteiger partial charge in [-0.25, -0.2) is 13.1 Å². The van der Waals surface area contributed by atoms with Crippen LogP contribution in [0.2, 0.25) is 0 Å². The van der Waals surface area contributed by atoms with Gasteiger partial charge in [-0.15, -0.1) is 0 Å². The maximum Gasteiger partial charge on any atom is 0.212 e. The van der Waals surface area contributed by atoms with Crippen LogP contribution in [0.15, 0.2) is 0 Å². The van der Waals surface area contributed by atoms with Gasteiger partial charge in [-0.3, -0.25) is 4.90 Å². The highest BCUT2D eigenvalue weighted by molar-refractivity contribution is 7.89. The van der Waals surface area contributed by atoms with Crippen molar-refractivity contribution in [2.24, 2.45) is 0 Å². The van der Waals surface area contributed by atoms with E-state index >= 15 is 0 Å². The molecule has 0 aliphatic carbocycles. The van der Waals surface area contributed by atoms with Gasteiger partial charge in [0.25, 0.3) is 0 Å². The smallest absolute Gasteiger partial charge is 0.212 e. The first-order valence-electron chi connectivity index (χ1n) is 7.47.